The highest BCUT2D eigenvalue weighted by Crippen LogP contribution is 2.38. The predicted molar refractivity (Wildman–Crippen MR) is 84.5 cm³/mol. The molecule has 122 valence electrons. The summed E-state index contributed by atoms with van der Waals surface area (Å²) in [6.45, 7) is 2.06. The van der Waals surface area contributed by atoms with Crippen LogP contribution in [0.5, 0.6) is 0 Å². The van der Waals surface area contributed by atoms with Crippen LogP contribution in [-0.2, 0) is 19.4 Å². The van der Waals surface area contributed by atoms with Crippen molar-refractivity contribution < 1.29 is 18.7 Å². The molecule has 6 heteroatoms. The molecular formula is C18H15FN2O3. The molecule has 2 heterocycles. The minimum Gasteiger partial charge on any atom is -0.475 e. The standard InChI is InChI=1S/C18H15FN2O3/c1-10-15-14(24-17(10)18(22)23)7-6-12-9-21(20-16(12)15)8-11-4-2-3-5-13(11)19/h2-5,9H,6-8H2,1H3,(H,22,23). The van der Waals surface area contributed by atoms with Gasteiger partial charge in [-0.25, -0.2) is 9.18 Å². The van der Waals surface area contributed by atoms with E-state index in [-0.39, 0.29) is 11.6 Å². The van der Waals surface area contributed by atoms with Crippen LogP contribution in [0.1, 0.15) is 33.0 Å². The topological polar surface area (TPSA) is 68.3 Å². The Morgan fingerprint density at radius 1 is 1.38 bits per heavy atom. The second-order valence-corrected chi connectivity index (χ2v) is 5.95. The third-order valence-electron chi connectivity index (χ3n) is 4.40. The van der Waals surface area contributed by atoms with Gasteiger partial charge in [0.2, 0.25) is 5.76 Å². The summed E-state index contributed by atoms with van der Waals surface area (Å²) >= 11 is 0. The lowest BCUT2D eigenvalue weighted by molar-refractivity contribution is 0.0659. The average molecular weight is 326 g/mol. The summed E-state index contributed by atoms with van der Waals surface area (Å²) in [6.07, 6.45) is 3.27. The van der Waals surface area contributed by atoms with Crippen LogP contribution < -0.4 is 0 Å². The number of benzene rings is 1. The highest BCUT2D eigenvalue weighted by molar-refractivity contribution is 5.90. The number of aromatic carboxylic acids is 1. The maximum absolute atomic E-state index is 13.8. The lowest BCUT2D eigenvalue weighted by Gasteiger charge is -2.09. The van der Waals surface area contributed by atoms with E-state index in [0.717, 1.165) is 23.2 Å². The molecule has 1 N–H and O–H groups in total. The Labute approximate surface area is 137 Å². The largest absolute Gasteiger partial charge is 0.475 e. The number of halogens is 1. The number of carboxylic acid groups (broad SMARTS) is 1. The quantitative estimate of drug-likeness (QED) is 0.800. The molecule has 0 aliphatic heterocycles. The Kier molecular flexibility index (Phi) is 3.26. The van der Waals surface area contributed by atoms with E-state index in [2.05, 4.69) is 5.10 Å². The molecule has 5 nitrogen and oxygen atoms in total. The summed E-state index contributed by atoms with van der Waals surface area (Å²) in [5, 5.41) is 13.8. The van der Waals surface area contributed by atoms with Crippen molar-refractivity contribution in [3.05, 3.63) is 64.5 Å². The number of aryl methyl sites for hydroxylation is 2. The van der Waals surface area contributed by atoms with Crippen LogP contribution in [0.2, 0.25) is 0 Å². The third kappa shape index (κ3) is 2.22. The van der Waals surface area contributed by atoms with Crippen molar-refractivity contribution in [2.45, 2.75) is 26.3 Å². The molecule has 3 aromatic rings. The van der Waals surface area contributed by atoms with E-state index in [1.165, 1.54) is 6.07 Å². The number of aromatic nitrogens is 2. The number of nitrogens with zero attached hydrogens (tertiary/aromatic N) is 2. The smallest absolute Gasteiger partial charge is 0.372 e. The Balaban J connectivity index is 1.76. The van der Waals surface area contributed by atoms with E-state index in [1.54, 1.807) is 29.8 Å². The van der Waals surface area contributed by atoms with Crippen LogP contribution in [0, 0.1) is 12.7 Å². The number of carbonyl (C=O) groups is 1. The second-order valence-electron chi connectivity index (χ2n) is 5.95. The van der Waals surface area contributed by atoms with Crippen molar-refractivity contribution in [3.8, 4) is 11.3 Å². The van der Waals surface area contributed by atoms with Crippen molar-refractivity contribution in [1.82, 2.24) is 9.78 Å². The number of hydrogen-bond acceptors (Lipinski definition) is 3. The number of rotatable bonds is 3. The van der Waals surface area contributed by atoms with Gasteiger partial charge in [-0.2, -0.15) is 5.10 Å². The van der Waals surface area contributed by atoms with Crippen LogP contribution in [-0.4, -0.2) is 20.9 Å². The average Bonchev–Trinajstić information content (AvgIpc) is 3.10. The van der Waals surface area contributed by atoms with Crippen LogP contribution in [0.25, 0.3) is 11.3 Å². The fourth-order valence-electron chi connectivity index (χ4n) is 3.25. The summed E-state index contributed by atoms with van der Waals surface area (Å²) in [7, 11) is 0. The van der Waals surface area contributed by atoms with E-state index in [9.17, 15) is 14.3 Å². The Hall–Kier alpha value is -2.89. The maximum Gasteiger partial charge on any atom is 0.372 e. The lowest BCUT2D eigenvalue weighted by atomic mass is 9.94. The maximum atomic E-state index is 13.8. The predicted octanol–water partition coefficient (Wildman–Crippen LogP) is 3.44. The number of furan rings is 1. The molecule has 0 unspecified atom stereocenters. The SMILES string of the molecule is Cc1c(C(=O)O)oc2c1-c1nn(Cc3ccccc3F)cc1CC2. The molecule has 4 rings (SSSR count). The minimum absolute atomic E-state index is 0.0310. The Morgan fingerprint density at radius 2 is 2.17 bits per heavy atom. The molecule has 0 saturated carbocycles. The minimum atomic E-state index is -1.07. The Bertz CT molecular complexity index is 955. The molecule has 0 amide bonds. The van der Waals surface area contributed by atoms with E-state index in [0.29, 0.717) is 29.9 Å². The molecule has 0 fully saturated rings. The highest BCUT2D eigenvalue weighted by Gasteiger charge is 2.29. The van der Waals surface area contributed by atoms with Crippen molar-refractivity contribution in [3.63, 3.8) is 0 Å². The summed E-state index contributed by atoms with van der Waals surface area (Å²) in [5.41, 5.74) is 3.68. The zero-order valence-corrected chi connectivity index (χ0v) is 13.0. The van der Waals surface area contributed by atoms with Crippen LogP contribution in [0.4, 0.5) is 4.39 Å². The molecular weight excluding hydrogens is 311 g/mol. The molecule has 1 aromatic carbocycles. The first-order valence-electron chi connectivity index (χ1n) is 7.70. The first kappa shape index (κ1) is 14.7. The van der Waals surface area contributed by atoms with Gasteiger partial charge in [-0.1, -0.05) is 18.2 Å². The van der Waals surface area contributed by atoms with E-state index < -0.39 is 5.97 Å². The molecule has 1 aliphatic carbocycles. The summed E-state index contributed by atoms with van der Waals surface area (Å²) in [5.74, 6) is -0.710. The number of hydrogen-bond donors (Lipinski definition) is 1. The molecule has 2 aromatic heterocycles. The van der Waals surface area contributed by atoms with Gasteiger partial charge in [-0.15, -0.1) is 0 Å². The van der Waals surface area contributed by atoms with Gasteiger partial charge in [0.25, 0.3) is 0 Å². The van der Waals surface area contributed by atoms with Gasteiger partial charge in [-0.05, 0) is 25.0 Å². The van der Waals surface area contributed by atoms with Gasteiger partial charge < -0.3 is 9.52 Å². The van der Waals surface area contributed by atoms with Crippen molar-refractivity contribution in [2.75, 3.05) is 0 Å². The van der Waals surface area contributed by atoms with Gasteiger partial charge in [0.15, 0.2) is 0 Å². The monoisotopic (exact) mass is 326 g/mol. The summed E-state index contributed by atoms with van der Waals surface area (Å²) in [6, 6.07) is 6.60. The number of fused-ring (bicyclic) bond motifs is 3. The zero-order chi connectivity index (χ0) is 16.8. The van der Waals surface area contributed by atoms with Gasteiger partial charge in [0, 0.05) is 29.3 Å². The molecule has 1 aliphatic rings. The lowest BCUT2D eigenvalue weighted by Crippen LogP contribution is -2.03. The van der Waals surface area contributed by atoms with E-state index >= 15 is 0 Å². The van der Waals surface area contributed by atoms with Crippen LogP contribution in [0.15, 0.2) is 34.9 Å². The number of carboxylic acids is 1. The summed E-state index contributed by atoms with van der Waals surface area (Å²) in [4.78, 5) is 11.3. The molecule has 0 atom stereocenters. The summed E-state index contributed by atoms with van der Waals surface area (Å²) < 4.78 is 21.0. The van der Waals surface area contributed by atoms with Gasteiger partial charge in [0.1, 0.15) is 11.6 Å². The molecule has 0 spiro atoms. The Morgan fingerprint density at radius 3 is 2.92 bits per heavy atom. The molecule has 0 bridgehead atoms. The van der Waals surface area contributed by atoms with Crippen molar-refractivity contribution in [1.29, 1.82) is 0 Å². The fraction of sp³-hybridized carbons (Fsp3) is 0.222. The highest BCUT2D eigenvalue weighted by atomic mass is 19.1. The van der Waals surface area contributed by atoms with Gasteiger partial charge in [0.05, 0.1) is 12.2 Å². The van der Waals surface area contributed by atoms with Crippen molar-refractivity contribution in [2.24, 2.45) is 0 Å². The third-order valence-corrected chi connectivity index (χ3v) is 4.40. The van der Waals surface area contributed by atoms with E-state index in [1.807, 2.05) is 6.20 Å². The van der Waals surface area contributed by atoms with Gasteiger partial charge in [-0.3, -0.25) is 4.68 Å². The van der Waals surface area contributed by atoms with Crippen LogP contribution >= 0.6 is 0 Å². The fourth-order valence-corrected chi connectivity index (χ4v) is 3.25. The second kappa shape index (κ2) is 5.33. The molecule has 0 radical (unpaired) electrons. The normalized spacial score (nSPS) is 12.8. The van der Waals surface area contributed by atoms with Crippen molar-refractivity contribution >= 4 is 5.97 Å². The molecule has 24 heavy (non-hydrogen) atoms. The molecule has 0 saturated heterocycles. The zero-order valence-electron chi connectivity index (χ0n) is 13.0. The van der Waals surface area contributed by atoms with E-state index in [4.69, 9.17) is 4.42 Å². The van der Waals surface area contributed by atoms with Crippen LogP contribution in [0.3, 0.4) is 0 Å². The van der Waals surface area contributed by atoms with Gasteiger partial charge >= 0.3 is 5.97 Å². The first-order chi connectivity index (χ1) is 11.5. The first-order valence-corrected chi connectivity index (χ1v) is 7.70.